The van der Waals surface area contributed by atoms with E-state index >= 15 is 0 Å². The Morgan fingerprint density at radius 2 is 1.95 bits per heavy atom. The third-order valence-electron chi connectivity index (χ3n) is 2.65. The largest absolute Gasteiger partial charge is 0.480 e. The molecule has 0 amide bonds. The maximum Gasteiger partial charge on any atom is 0.320 e. The molecule has 110 valence electrons. The summed E-state index contributed by atoms with van der Waals surface area (Å²) in [7, 11) is -4.31. The SMILES string of the molecule is N[C@@H](CCC(=O)Cc1cccc(S(=O)(=O)O)c1)C(=O)O. The van der Waals surface area contributed by atoms with Gasteiger partial charge in [-0.05, 0) is 24.1 Å². The van der Waals surface area contributed by atoms with E-state index in [-0.39, 0.29) is 29.9 Å². The predicted molar refractivity (Wildman–Crippen MR) is 69.8 cm³/mol. The van der Waals surface area contributed by atoms with Crippen molar-refractivity contribution in [2.75, 3.05) is 0 Å². The Hall–Kier alpha value is -1.77. The zero-order valence-corrected chi connectivity index (χ0v) is 11.3. The molecule has 0 fully saturated rings. The van der Waals surface area contributed by atoms with Crippen LogP contribution in [-0.2, 0) is 26.1 Å². The number of benzene rings is 1. The zero-order chi connectivity index (χ0) is 15.3. The van der Waals surface area contributed by atoms with Gasteiger partial charge < -0.3 is 10.8 Å². The van der Waals surface area contributed by atoms with Gasteiger partial charge in [0.15, 0.2) is 0 Å². The average molecular weight is 301 g/mol. The van der Waals surface area contributed by atoms with Gasteiger partial charge in [-0.25, -0.2) is 0 Å². The van der Waals surface area contributed by atoms with Crippen LogP contribution in [0.3, 0.4) is 0 Å². The van der Waals surface area contributed by atoms with Gasteiger partial charge in [-0.2, -0.15) is 8.42 Å². The number of nitrogens with two attached hydrogens (primary N) is 1. The lowest BCUT2D eigenvalue weighted by molar-refractivity contribution is -0.138. The second-order valence-electron chi connectivity index (χ2n) is 4.32. The summed E-state index contributed by atoms with van der Waals surface area (Å²) in [6.45, 7) is 0. The van der Waals surface area contributed by atoms with Gasteiger partial charge in [0.25, 0.3) is 10.1 Å². The number of rotatable bonds is 7. The van der Waals surface area contributed by atoms with Gasteiger partial charge in [-0.1, -0.05) is 12.1 Å². The number of aliphatic carboxylic acids is 1. The van der Waals surface area contributed by atoms with E-state index in [0.29, 0.717) is 5.56 Å². The molecule has 1 aromatic carbocycles. The Kier molecular flexibility index (Phi) is 5.37. The first-order valence-electron chi connectivity index (χ1n) is 5.76. The van der Waals surface area contributed by atoms with E-state index in [9.17, 15) is 18.0 Å². The van der Waals surface area contributed by atoms with Crippen LogP contribution in [-0.4, -0.2) is 35.9 Å². The van der Waals surface area contributed by atoms with Gasteiger partial charge in [0, 0.05) is 12.8 Å². The fourth-order valence-electron chi connectivity index (χ4n) is 1.57. The van der Waals surface area contributed by atoms with Crippen LogP contribution < -0.4 is 5.73 Å². The van der Waals surface area contributed by atoms with Crippen molar-refractivity contribution in [2.45, 2.75) is 30.2 Å². The summed E-state index contributed by atoms with van der Waals surface area (Å²) in [6, 6.07) is 4.27. The molecule has 0 saturated carbocycles. The molecule has 4 N–H and O–H groups in total. The van der Waals surface area contributed by atoms with Gasteiger partial charge in [0.2, 0.25) is 0 Å². The number of Topliss-reactive ketones (excluding diaryl/α,β-unsaturated/α-hetero) is 1. The second kappa shape index (κ2) is 6.60. The lowest BCUT2D eigenvalue weighted by atomic mass is 10.0. The Morgan fingerprint density at radius 1 is 1.30 bits per heavy atom. The van der Waals surface area contributed by atoms with Crippen molar-refractivity contribution in [1.82, 2.24) is 0 Å². The van der Waals surface area contributed by atoms with Gasteiger partial charge in [0.05, 0.1) is 4.90 Å². The van der Waals surface area contributed by atoms with Crippen LogP contribution >= 0.6 is 0 Å². The van der Waals surface area contributed by atoms with E-state index in [2.05, 4.69) is 0 Å². The lowest BCUT2D eigenvalue weighted by Gasteiger charge is -2.06. The monoisotopic (exact) mass is 301 g/mol. The van der Waals surface area contributed by atoms with Crippen molar-refractivity contribution >= 4 is 21.9 Å². The maximum atomic E-state index is 11.6. The van der Waals surface area contributed by atoms with Crippen molar-refractivity contribution in [3.05, 3.63) is 29.8 Å². The molecule has 0 aliphatic rings. The first-order chi connectivity index (χ1) is 9.20. The fourth-order valence-corrected chi connectivity index (χ4v) is 2.12. The molecule has 0 unspecified atom stereocenters. The van der Waals surface area contributed by atoms with E-state index in [4.69, 9.17) is 15.4 Å². The Balaban J connectivity index is 2.65. The maximum absolute atomic E-state index is 11.6. The van der Waals surface area contributed by atoms with Crippen LogP contribution in [0.5, 0.6) is 0 Å². The number of carbonyl (C=O) groups excluding carboxylic acids is 1. The number of hydrogen-bond acceptors (Lipinski definition) is 5. The summed E-state index contributed by atoms with van der Waals surface area (Å²) in [5.41, 5.74) is 5.70. The minimum Gasteiger partial charge on any atom is -0.480 e. The molecule has 0 radical (unpaired) electrons. The minimum absolute atomic E-state index is 0.0103. The molecule has 1 aromatic rings. The Labute approximate surface area is 116 Å². The molecule has 7 nitrogen and oxygen atoms in total. The molecule has 20 heavy (non-hydrogen) atoms. The summed E-state index contributed by atoms with van der Waals surface area (Å²) >= 11 is 0. The number of ketones is 1. The van der Waals surface area contributed by atoms with Crippen molar-refractivity contribution < 1.29 is 27.7 Å². The van der Waals surface area contributed by atoms with Gasteiger partial charge in [-0.15, -0.1) is 0 Å². The summed E-state index contributed by atoms with van der Waals surface area (Å²) < 4.78 is 30.8. The quantitative estimate of drug-likeness (QED) is 0.614. The third-order valence-corrected chi connectivity index (χ3v) is 3.50. The smallest absolute Gasteiger partial charge is 0.320 e. The molecule has 1 atom stereocenters. The van der Waals surface area contributed by atoms with E-state index in [1.165, 1.54) is 18.2 Å². The summed E-state index contributed by atoms with van der Waals surface area (Å²) in [5, 5.41) is 8.58. The standard InChI is InChI=1S/C12H15NO6S/c13-11(12(15)16)5-4-9(14)6-8-2-1-3-10(7-8)20(17,18)19/h1-3,7,11H,4-6,13H2,(H,15,16)(H,17,18,19)/t11-/m0/s1. The minimum atomic E-state index is -4.31. The molecular formula is C12H15NO6S. The topological polar surface area (TPSA) is 135 Å². The van der Waals surface area contributed by atoms with Gasteiger partial charge in [0.1, 0.15) is 11.8 Å². The number of hydrogen-bond donors (Lipinski definition) is 3. The predicted octanol–water partition coefficient (Wildman–Crippen LogP) is 0.237. The summed E-state index contributed by atoms with van der Waals surface area (Å²) in [5.74, 6) is -1.43. The summed E-state index contributed by atoms with van der Waals surface area (Å²) in [4.78, 5) is 21.8. The number of carboxylic acid groups (broad SMARTS) is 1. The van der Waals surface area contributed by atoms with Crippen LogP contribution in [0.4, 0.5) is 0 Å². The van der Waals surface area contributed by atoms with Crippen LogP contribution in [0.2, 0.25) is 0 Å². The molecule has 0 saturated heterocycles. The lowest BCUT2D eigenvalue weighted by Crippen LogP contribution is -2.30. The first kappa shape index (κ1) is 16.3. The van der Waals surface area contributed by atoms with Crippen molar-refractivity contribution in [1.29, 1.82) is 0 Å². The highest BCUT2D eigenvalue weighted by Gasteiger charge is 2.15. The van der Waals surface area contributed by atoms with Crippen LogP contribution in [0, 0.1) is 0 Å². The van der Waals surface area contributed by atoms with Crippen molar-refractivity contribution in [3.63, 3.8) is 0 Å². The molecule has 0 heterocycles. The Morgan fingerprint density at radius 3 is 2.50 bits per heavy atom. The molecule has 0 spiro atoms. The highest BCUT2D eigenvalue weighted by atomic mass is 32.2. The van der Waals surface area contributed by atoms with Crippen molar-refractivity contribution in [3.8, 4) is 0 Å². The normalized spacial score (nSPS) is 12.9. The third kappa shape index (κ3) is 5.08. The molecule has 0 bridgehead atoms. The average Bonchev–Trinajstić information content (AvgIpc) is 2.35. The second-order valence-corrected chi connectivity index (χ2v) is 5.74. The van der Waals surface area contributed by atoms with Crippen molar-refractivity contribution in [2.24, 2.45) is 5.73 Å². The van der Waals surface area contributed by atoms with E-state index in [1.54, 1.807) is 6.07 Å². The molecule has 0 aromatic heterocycles. The zero-order valence-electron chi connectivity index (χ0n) is 10.5. The molecule has 0 aliphatic carbocycles. The number of carboxylic acids is 1. The van der Waals surface area contributed by atoms with E-state index in [0.717, 1.165) is 0 Å². The van der Waals surface area contributed by atoms with Crippen LogP contribution in [0.15, 0.2) is 29.2 Å². The van der Waals surface area contributed by atoms with Gasteiger partial charge in [-0.3, -0.25) is 14.1 Å². The number of carbonyl (C=O) groups is 2. The highest BCUT2D eigenvalue weighted by Crippen LogP contribution is 2.12. The van der Waals surface area contributed by atoms with E-state index < -0.39 is 22.1 Å². The molecule has 8 heteroatoms. The molecular weight excluding hydrogens is 286 g/mol. The molecule has 1 rings (SSSR count). The Bertz CT molecular complexity index is 610. The van der Waals surface area contributed by atoms with Crippen LogP contribution in [0.25, 0.3) is 0 Å². The van der Waals surface area contributed by atoms with E-state index in [1.807, 2.05) is 0 Å². The highest BCUT2D eigenvalue weighted by molar-refractivity contribution is 7.85. The fraction of sp³-hybridized carbons (Fsp3) is 0.333. The van der Waals surface area contributed by atoms with Gasteiger partial charge >= 0.3 is 5.97 Å². The van der Waals surface area contributed by atoms with Crippen LogP contribution in [0.1, 0.15) is 18.4 Å². The summed E-state index contributed by atoms with van der Waals surface area (Å²) in [6.07, 6.45) is -0.0363. The first-order valence-corrected chi connectivity index (χ1v) is 7.20. The molecule has 0 aliphatic heterocycles.